The highest BCUT2D eigenvalue weighted by Gasteiger charge is 2.23. The van der Waals surface area contributed by atoms with E-state index in [0.29, 0.717) is 25.5 Å². The number of carbonyl (C=O) groups excluding carboxylic acids is 1. The number of hydrogen-bond acceptors (Lipinski definition) is 3. The Morgan fingerprint density at radius 2 is 2.24 bits per heavy atom. The minimum absolute atomic E-state index is 0.222. The van der Waals surface area contributed by atoms with Gasteiger partial charge in [-0.3, -0.25) is 4.79 Å². The second-order valence-corrected chi connectivity index (χ2v) is 6.47. The van der Waals surface area contributed by atoms with Crippen molar-refractivity contribution in [3.05, 3.63) is 29.8 Å². The molecule has 6 nitrogen and oxygen atoms in total. The summed E-state index contributed by atoms with van der Waals surface area (Å²) >= 11 is 0. The third-order valence-corrected chi connectivity index (χ3v) is 4.35. The standard InChI is InChI=1S/C19H30N4O2/c1-3-21-19(23-11-6-8-16(14-23)13-18(20)24)22-10-12-25-17-9-5-4-7-15(17)2/h4-5,7,9,16H,3,6,8,10-14H2,1-2H3,(H2,20,24)(H,21,22). The number of nitrogens with zero attached hydrogens (tertiary/aromatic N) is 2. The zero-order valence-corrected chi connectivity index (χ0v) is 15.3. The maximum absolute atomic E-state index is 11.2. The fraction of sp³-hybridized carbons (Fsp3) is 0.579. The third-order valence-electron chi connectivity index (χ3n) is 4.35. The predicted molar refractivity (Wildman–Crippen MR) is 101 cm³/mol. The van der Waals surface area contributed by atoms with Crippen LogP contribution in [-0.2, 0) is 4.79 Å². The molecule has 0 aliphatic carbocycles. The summed E-state index contributed by atoms with van der Waals surface area (Å²) < 4.78 is 5.81. The minimum Gasteiger partial charge on any atom is -0.491 e. The Kier molecular flexibility index (Phi) is 7.57. The lowest BCUT2D eigenvalue weighted by Gasteiger charge is -2.34. The first-order valence-corrected chi connectivity index (χ1v) is 9.10. The molecule has 138 valence electrons. The molecule has 1 unspecified atom stereocenters. The molecule has 1 aromatic carbocycles. The van der Waals surface area contributed by atoms with Gasteiger partial charge >= 0.3 is 0 Å². The van der Waals surface area contributed by atoms with Crippen LogP contribution in [0.1, 0.15) is 31.7 Å². The van der Waals surface area contributed by atoms with Gasteiger partial charge in [0.15, 0.2) is 5.96 Å². The number of carbonyl (C=O) groups is 1. The van der Waals surface area contributed by atoms with E-state index in [0.717, 1.165) is 49.7 Å². The largest absolute Gasteiger partial charge is 0.491 e. The number of nitrogens with one attached hydrogen (secondary N) is 1. The molecule has 1 aliphatic heterocycles. The first-order chi connectivity index (χ1) is 12.1. The van der Waals surface area contributed by atoms with E-state index >= 15 is 0 Å². The van der Waals surface area contributed by atoms with E-state index < -0.39 is 0 Å². The van der Waals surface area contributed by atoms with Crippen LogP contribution >= 0.6 is 0 Å². The van der Waals surface area contributed by atoms with Crippen molar-refractivity contribution in [1.29, 1.82) is 0 Å². The SMILES string of the molecule is CCNC(=NCCOc1ccccc1C)N1CCCC(CC(N)=O)C1. The van der Waals surface area contributed by atoms with Gasteiger partial charge in [-0.25, -0.2) is 4.99 Å². The molecule has 1 heterocycles. The van der Waals surface area contributed by atoms with Crippen LogP contribution in [0.5, 0.6) is 5.75 Å². The molecule has 0 bridgehead atoms. The first kappa shape index (κ1) is 19.1. The Morgan fingerprint density at radius 3 is 2.96 bits per heavy atom. The minimum atomic E-state index is -0.222. The molecule has 6 heteroatoms. The number of para-hydroxylation sites is 1. The number of aryl methyl sites for hydroxylation is 1. The molecule has 1 aromatic rings. The molecule has 1 fully saturated rings. The predicted octanol–water partition coefficient (Wildman–Crippen LogP) is 1.93. The molecular weight excluding hydrogens is 316 g/mol. The highest BCUT2D eigenvalue weighted by molar-refractivity contribution is 5.80. The number of benzene rings is 1. The van der Waals surface area contributed by atoms with Gasteiger partial charge in [0.2, 0.25) is 5.91 Å². The van der Waals surface area contributed by atoms with E-state index in [2.05, 4.69) is 22.1 Å². The molecule has 1 amide bonds. The molecule has 0 aromatic heterocycles. The summed E-state index contributed by atoms with van der Waals surface area (Å²) in [5.41, 5.74) is 6.48. The highest BCUT2D eigenvalue weighted by atomic mass is 16.5. The second kappa shape index (κ2) is 9.91. The van der Waals surface area contributed by atoms with Crippen molar-refractivity contribution in [3.8, 4) is 5.75 Å². The number of likely N-dealkylation sites (tertiary alicyclic amines) is 1. The summed E-state index contributed by atoms with van der Waals surface area (Å²) in [6.45, 7) is 7.83. The summed E-state index contributed by atoms with van der Waals surface area (Å²) in [5, 5.41) is 3.34. The van der Waals surface area contributed by atoms with E-state index in [4.69, 9.17) is 10.5 Å². The van der Waals surface area contributed by atoms with Gasteiger partial charge in [0.25, 0.3) is 0 Å². The zero-order valence-electron chi connectivity index (χ0n) is 15.3. The van der Waals surface area contributed by atoms with Gasteiger partial charge in [0, 0.05) is 26.1 Å². The van der Waals surface area contributed by atoms with Crippen molar-refractivity contribution in [2.45, 2.75) is 33.1 Å². The van der Waals surface area contributed by atoms with E-state index in [1.54, 1.807) is 0 Å². The van der Waals surface area contributed by atoms with Crippen LogP contribution < -0.4 is 15.8 Å². The third kappa shape index (κ3) is 6.29. The van der Waals surface area contributed by atoms with E-state index in [1.807, 2.05) is 31.2 Å². The molecule has 1 aliphatic rings. The molecule has 25 heavy (non-hydrogen) atoms. The molecule has 1 atom stereocenters. The van der Waals surface area contributed by atoms with Gasteiger partial charge < -0.3 is 20.7 Å². The van der Waals surface area contributed by atoms with Gasteiger partial charge in [-0.2, -0.15) is 0 Å². The lowest BCUT2D eigenvalue weighted by molar-refractivity contribution is -0.119. The van der Waals surface area contributed by atoms with Crippen LogP contribution in [0.15, 0.2) is 29.3 Å². The summed E-state index contributed by atoms with van der Waals surface area (Å²) in [4.78, 5) is 18.1. The average molecular weight is 346 g/mol. The van der Waals surface area contributed by atoms with Crippen LogP contribution in [0.3, 0.4) is 0 Å². The highest BCUT2D eigenvalue weighted by Crippen LogP contribution is 2.19. The number of ether oxygens (including phenoxy) is 1. The Balaban J connectivity index is 1.89. The van der Waals surface area contributed by atoms with Crippen LogP contribution in [0, 0.1) is 12.8 Å². The summed E-state index contributed by atoms with van der Waals surface area (Å²) in [6.07, 6.45) is 2.56. The molecular formula is C19H30N4O2. The molecule has 0 radical (unpaired) electrons. The Hall–Kier alpha value is -2.24. The Morgan fingerprint density at radius 1 is 1.44 bits per heavy atom. The lowest BCUT2D eigenvalue weighted by atomic mass is 9.95. The van der Waals surface area contributed by atoms with Crippen molar-refractivity contribution in [1.82, 2.24) is 10.2 Å². The average Bonchev–Trinajstić information content (AvgIpc) is 2.59. The molecule has 0 saturated carbocycles. The monoisotopic (exact) mass is 346 g/mol. The van der Waals surface area contributed by atoms with Crippen LogP contribution in [-0.4, -0.2) is 49.6 Å². The van der Waals surface area contributed by atoms with Gasteiger partial charge in [-0.1, -0.05) is 18.2 Å². The Labute approximate surface area is 150 Å². The molecule has 3 N–H and O–H groups in total. The normalized spacial score (nSPS) is 18.1. The van der Waals surface area contributed by atoms with Crippen LogP contribution in [0.4, 0.5) is 0 Å². The van der Waals surface area contributed by atoms with E-state index in [-0.39, 0.29) is 5.91 Å². The van der Waals surface area contributed by atoms with Crippen molar-refractivity contribution in [2.24, 2.45) is 16.6 Å². The summed E-state index contributed by atoms with van der Waals surface area (Å²) in [7, 11) is 0. The fourth-order valence-corrected chi connectivity index (χ4v) is 3.16. The second-order valence-electron chi connectivity index (χ2n) is 6.47. The summed E-state index contributed by atoms with van der Waals surface area (Å²) in [6, 6.07) is 7.99. The topological polar surface area (TPSA) is 80.0 Å². The first-order valence-electron chi connectivity index (χ1n) is 9.10. The summed E-state index contributed by atoms with van der Waals surface area (Å²) in [5.74, 6) is 1.89. The number of hydrogen-bond donors (Lipinski definition) is 2. The number of guanidine groups is 1. The van der Waals surface area contributed by atoms with E-state index in [1.165, 1.54) is 0 Å². The fourth-order valence-electron chi connectivity index (χ4n) is 3.16. The van der Waals surface area contributed by atoms with Crippen molar-refractivity contribution in [3.63, 3.8) is 0 Å². The van der Waals surface area contributed by atoms with Crippen molar-refractivity contribution >= 4 is 11.9 Å². The van der Waals surface area contributed by atoms with Crippen molar-refractivity contribution in [2.75, 3.05) is 32.8 Å². The quantitative estimate of drug-likeness (QED) is 0.449. The van der Waals surface area contributed by atoms with Crippen LogP contribution in [0.25, 0.3) is 0 Å². The Bertz CT molecular complexity index is 589. The number of nitrogens with two attached hydrogens (primary N) is 1. The van der Waals surface area contributed by atoms with Gasteiger partial charge in [0.05, 0.1) is 6.54 Å². The smallest absolute Gasteiger partial charge is 0.217 e. The maximum Gasteiger partial charge on any atom is 0.217 e. The molecule has 0 spiro atoms. The molecule has 1 saturated heterocycles. The lowest BCUT2D eigenvalue weighted by Crippen LogP contribution is -2.47. The van der Waals surface area contributed by atoms with E-state index in [9.17, 15) is 4.79 Å². The number of primary amides is 1. The maximum atomic E-state index is 11.2. The van der Waals surface area contributed by atoms with Gasteiger partial charge in [-0.15, -0.1) is 0 Å². The van der Waals surface area contributed by atoms with Gasteiger partial charge in [0.1, 0.15) is 12.4 Å². The number of piperidine rings is 1. The number of rotatable bonds is 7. The zero-order chi connectivity index (χ0) is 18.1. The van der Waals surface area contributed by atoms with Crippen LogP contribution in [0.2, 0.25) is 0 Å². The van der Waals surface area contributed by atoms with Gasteiger partial charge in [-0.05, 0) is 44.2 Å². The number of aliphatic imine (C=N–C) groups is 1. The number of amides is 1. The molecule has 2 rings (SSSR count). The van der Waals surface area contributed by atoms with Crippen molar-refractivity contribution < 1.29 is 9.53 Å².